The average molecular weight is 484 g/mol. The first-order valence-electron chi connectivity index (χ1n) is 10.8. The van der Waals surface area contributed by atoms with Gasteiger partial charge < -0.3 is 15.7 Å². The number of rotatable bonds is 6. The summed E-state index contributed by atoms with van der Waals surface area (Å²) in [5.41, 5.74) is 3.49. The van der Waals surface area contributed by atoms with Gasteiger partial charge in [-0.15, -0.1) is 0 Å². The van der Waals surface area contributed by atoms with E-state index in [-0.39, 0.29) is 24.3 Å². The maximum absolute atomic E-state index is 12.7. The van der Waals surface area contributed by atoms with Gasteiger partial charge >= 0.3 is 6.18 Å². The fraction of sp³-hybridized carbons (Fsp3) is 0.292. The highest BCUT2D eigenvalue weighted by atomic mass is 19.4. The normalized spacial score (nSPS) is 14.8. The van der Waals surface area contributed by atoms with Gasteiger partial charge in [0.1, 0.15) is 11.5 Å². The van der Waals surface area contributed by atoms with Crippen molar-refractivity contribution in [2.24, 2.45) is 4.99 Å². The van der Waals surface area contributed by atoms with Crippen LogP contribution in [-0.4, -0.2) is 57.6 Å². The Morgan fingerprint density at radius 3 is 2.69 bits per heavy atom. The monoisotopic (exact) mass is 484 g/mol. The minimum Gasteiger partial charge on any atom is -0.388 e. The van der Waals surface area contributed by atoms with Crippen LogP contribution in [0.5, 0.6) is 0 Å². The number of aliphatic hydroxyl groups excluding tert-OH is 1. The van der Waals surface area contributed by atoms with Crippen LogP contribution in [0.4, 0.5) is 24.7 Å². The number of nitrogens with one attached hydrogen (secondary N) is 2. The maximum atomic E-state index is 12.7. The quantitative estimate of drug-likeness (QED) is 0.486. The number of amides is 1. The SMILES string of the molecule is CNc1cc2ncc(-c3cc(NC(=O)C4=NCCC(C(O)CC(F)(F)F)=C4)cnc3C)cc2cn1. The largest absolute Gasteiger partial charge is 0.391 e. The van der Waals surface area contributed by atoms with Crippen LogP contribution >= 0.6 is 0 Å². The zero-order valence-electron chi connectivity index (χ0n) is 19.0. The number of halogens is 3. The molecule has 3 N–H and O–H groups in total. The number of aromatic nitrogens is 3. The predicted molar refractivity (Wildman–Crippen MR) is 127 cm³/mol. The van der Waals surface area contributed by atoms with Gasteiger partial charge in [0.25, 0.3) is 5.91 Å². The molecular weight excluding hydrogens is 461 g/mol. The summed E-state index contributed by atoms with van der Waals surface area (Å²) in [5.74, 6) is 0.104. The first-order chi connectivity index (χ1) is 16.6. The van der Waals surface area contributed by atoms with E-state index >= 15 is 0 Å². The second-order valence-corrected chi connectivity index (χ2v) is 8.12. The second kappa shape index (κ2) is 9.79. The van der Waals surface area contributed by atoms with Gasteiger partial charge in [-0.05, 0) is 37.1 Å². The molecule has 8 nitrogen and oxygen atoms in total. The molecule has 0 aliphatic carbocycles. The van der Waals surface area contributed by atoms with Gasteiger partial charge in [0.15, 0.2) is 0 Å². The molecule has 0 saturated carbocycles. The van der Waals surface area contributed by atoms with Crippen molar-refractivity contribution in [3.05, 3.63) is 54.1 Å². The summed E-state index contributed by atoms with van der Waals surface area (Å²) in [7, 11) is 1.78. The molecule has 0 aromatic carbocycles. The summed E-state index contributed by atoms with van der Waals surface area (Å²) in [6.07, 6.45) is -1.31. The van der Waals surface area contributed by atoms with Crippen molar-refractivity contribution in [3.63, 3.8) is 0 Å². The Balaban J connectivity index is 1.55. The smallest absolute Gasteiger partial charge is 0.388 e. The summed E-state index contributed by atoms with van der Waals surface area (Å²) in [6, 6.07) is 5.50. The van der Waals surface area contributed by atoms with E-state index in [9.17, 15) is 23.1 Å². The molecule has 1 aliphatic rings. The number of aliphatic imine (C=N–C) groups is 1. The number of aryl methyl sites for hydroxylation is 1. The molecule has 1 aliphatic heterocycles. The van der Waals surface area contributed by atoms with Crippen LogP contribution in [0.3, 0.4) is 0 Å². The Kier molecular flexibility index (Phi) is 6.79. The molecule has 182 valence electrons. The lowest BCUT2D eigenvalue weighted by molar-refractivity contribution is -0.149. The van der Waals surface area contributed by atoms with E-state index in [0.29, 0.717) is 11.5 Å². The minimum absolute atomic E-state index is 0.0478. The molecule has 0 bridgehead atoms. The standard InChI is InChI=1S/C24H23F3N6O2/c1-13-18(15-5-16-11-32-22(28-2)8-19(16)31-10-15)7-17(12-30-13)33-23(35)20-6-14(3-4-29-20)21(34)9-24(25,26)27/h5-8,10-12,21,34H,3-4,9H2,1-2H3,(H,28,32)(H,33,35). The zero-order valence-corrected chi connectivity index (χ0v) is 19.0. The van der Waals surface area contributed by atoms with Gasteiger partial charge in [-0.2, -0.15) is 13.2 Å². The third-order valence-electron chi connectivity index (χ3n) is 5.57. The van der Waals surface area contributed by atoms with Crippen molar-refractivity contribution in [1.82, 2.24) is 15.0 Å². The van der Waals surface area contributed by atoms with Crippen molar-refractivity contribution in [2.45, 2.75) is 32.0 Å². The number of hydrogen-bond donors (Lipinski definition) is 3. The highest BCUT2D eigenvalue weighted by Gasteiger charge is 2.33. The number of nitrogens with zero attached hydrogens (tertiary/aromatic N) is 4. The minimum atomic E-state index is -4.51. The lowest BCUT2D eigenvalue weighted by Crippen LogP contribution is -2.28. The predicted octanol–water partition coefficient (Wildman–Crippen LogP) is 4.06. The molecule has 1 amide bonds. The van der Waals surface area contributed by atoms with Crippen molar-refractivity contribution < 1.29 is 23.1 Å². The molecule has 35 heavy (non-hydrogen) atoms. The highest BCUT2D eigenvalue weighted by Crippen LogP contribution is 2.29. The van der Waals surface area contributed by atoms with E-state index in [4.69, 9.17) is 0 Å². The Hall–Kier alpha value is -3.86. The molecule has 0 fully saturated rings. The number of dihydropyridines is 1. The third-order valence-corrected chi connectivity index (χ3v) is 5.57. The van der Waals surface area contributed by atoms with Crippen LogP contribution in [0.25, 0.3) is 22.0 Å². The zero-order chi connectivity index (χ0) is 25.2. The Morgan fingerprint density at radius 2 is 1.94 bits per heavy atom. The van der Waals surface area contributed by atoms with Crippen LogP contribution in [0.2, 0.25) is 0 Å². The van der Waals surface area contributed by atoms with Gasteiger partial charge in [0, 0.05) is 54.3 Å². The number of fused-ring (bicyclic) bond motifs is 1. The van der Waals surface area contributed by atoms with Crippen LogP contribution in [0, 0.1) is 6.92 Å². The fourth-order valence-electron chi connectivity index (χ4n) is 3.74. The summed E-state index contributed by atoms with van der Waals surface area (Å²) < 4.78 is 37.9. The number of carbonyl (C=O) groups is 1. The molecule has 11 heteroatoms. The summed E-state index contributed by atoms with van der Waals surface area (Å²) >= 11 is 0. The molecule has 1 atom stereocenters. The molecular formula is C24H23F3N6O2. The molecule has 3 aromatic heterocycles. The summed E-state index contributed by atoms with van der Waals surface area (Å²) in [5, 5.41) is 16.4. The molecule has 0 radical (unpaired) electrons. The average Bonchev–Trinajstić information content (AvgIpc) is 2.83. The molecule has 4 rings (SSSR count). The Morgan fingerprint density at radius 1 is 1.14 bits per heavy atom. The number of aliphatic hydroxyl groups is 1. The number of anilines is 2. The number of carbonyl (C=O) groups excluding carboxylic acids is 1. The van der Waals surface area contributed by atoms with Gasteiger partial charge in [-0.1, -0.05) is 0 Å². The van der Waals surface area contributed by atoms with Crippen molar-refractivity contribution in [2.75, 3.05) is 24.2 Å². The number of pyridine rings is 3. The van der Waals surface area contributed by atoms with Crippen molar-refractivity contribution >= 4 is 34.0 Å². The van der Waals surface area contributed by atoms with Crippen molar-refractivity contribution in [1.29, 1.82) is 0 Å². The highest BCUT2D eigenvalue weighted by molar-refractivity contribution is 6.47. The summed E-state index contributed by atoms with van der Waals surface area (Å²) in [4.78, 5) is 30.0. The number of hydrogen-bond acceptors (Lipinski definition) is 7. The second-order valence-electron chi connectivity index (χ2n) is 8.12. The molecule has 1 unspecified atom stereocenters. The van der Waals surface area contributed by atoms with E-state index in [1.165, 1.54) is 12.3 Å². The van der Waals surface area contributed by atoms with E-state index < -0.39 is 24.6 Å². The van der Waals surface area contributed by atoms with Gasteiger partial charge in [-0.25, -0.2) is 4.98 Å². The van der Waals surface area contributed by atoms with Crippen LogP contribution < -0.4 is 10.6 Å². The molecule has 4 heterocycles. The molecule has 0 saturated heterocycles. The lowest BCUT2D eigenvalue weighted by Gasteiger charge is -2.19. The topological polar surface area (TPSA) is 112 Å². The molecule has 0 spiro atoms. The van der Waals surface area contributed by atoms with Crippen LogP contribution in [-0.2, 0) is 4.79 Å². The van der Waals surface area contributed by atoms with Gasteiger partial charge in [0.05, 0.1) is 29.9 Å². The van der Waals surface area contributed by atoms with E-state index in [2.05, 4.69) is 30.6 Å². The maximum Gasteiger partial charge on any atom is 0.391 e. The Labute approximate surface area is 199 Å². The first-order valence-corrected chi connectivity index (χ1v) is 10.8. The Bertz CT molecular complexity index is 1340. The summed E-state index contributed by atoms with van der Waals surface area (Å²) in [6.45, 7) is 1.95. The van der Waals surface area contributed by atoms with E-state index in [0.717, 1.165) is 27.7 Å². The van der Waals surface area contributed by atoms with Gasteiger partial charge in [0.2, 0.25) is 0 Å². The first kappa shape index (κ1) is 24.3. The van der Waals surface area contributed by atoms with E-state index in [1.807, 2.05) is 19.1 Å². The molecule has 3 aromatic rings. The number of alkyl halides is 3. The van der Waals surface area contributed by atoms with Crippen LogP contribution in [0.15, 0.2) is 53.4 Å². The van der Waals surface area contributed by atoms with Gasteiger partial charge in [-0.3, -0.25) is 19.8 Å². The third kappa shape index (κ3) is 5.80. The van der Waals surface area contributed by atoms with Crippen molar-refractivity contribution in [3.8, 4) is 11.1 Å². The van der Waals surface area contributed by atoms with E-state index in [1.54, 1.807) is 25.5 Å². The fourth-order valence-corrected chi connectivity index (χ4v) is 3.74. The lowest BCUT2D eigenvalue weighted by atomic mass is 9.99. The van der Waals surface area contributed by atoms with Crippen LogP contribution in [0.1, 0.15) is 18.5 Å².